The van der Waals surface area contributed by atoms with Crippen LogP contribution >= 0.6 is 11.3 Å². The van der Waals surface area contributed by atoms with Gasteiger partial charge in [0.25, 0.3) is 5.91 Å². The second-order valence-corrected chi connectivity index (χ2v) is 8.80. The number of carbonyl (C=O) groups is 2. The summed E-state index contributed by atoms with van der Waals surface area (Å²) in [5.74, 6) is 0.371. The highest BCUT2D eigenvalue weighted by Gasteiger charge is 2.34. The van der Waals surface area contributed by atoms with E-state index >= 15 is 0 Å². The number of carbonyl (C=O) groups excluding carboxylic acids is 2. The van der Waals surface area contributed by atoms with E-state index in [-0.39, 0.29) is 11.3 Å². The van der Waals surface area contributed by atoms with E-state index in [0.29, 0.717) is 22.2 Å². The van der Waals surface area contributed by atoms with Gasteiger partial charge in [0.2, 0.25) is 5.91 Å². The molecule has 0 spiro atoms. The minimum absolute atomic E-state index is 0.254. The van der Waals surface area contributed by atoms with E-state index in [1.165, 1.54) is 22.3 Å². The molecule has 3 rings (SSSR count). The van der Waals surface area contributed by atoms with Gasteiger partial charge >= 0.3 is 0 Å². The van der Waals surface area contributed by atoms with Crippen LogP contribution in [-0.2, 0) is 17.6 Å². The number of primary amides is 1. The quantitative estimate of drug-likeness (QED) is 0.710. The van der Waals surface area contributed by atoms with Gasteiger partial charge in [-0.05, 0) is 54.4 Å². The van der Waals surface area contributed by atoms with Gasteiger partial charge in [-0.2, -0.15) is 0 Å². The Morgan fingerprint density at radius 2 is 2.22 bits per heavy atom. The number of nitrogens with two attached hydrogens (primary N) is 1. The summed E-state index contributed by atoms with van der Waals surface area (Å²) in [5.41, 5.74) is 7.38. The van der Waals surface area contributed by atoms with Crippen molar-refractivity contribution in [2.75, 3.05) is 5.32 Å². The number of hydrogen-bond acceptors (Lipinski definition) is 4. The predicted octanol–water partition coefficient (Wildman–Crippen LogP) is 4.63. The lowest BCUT2D eigenvalue weighted by molar-refractivity contribution is -0.111. The van der Waals surface area contributed by atoms with Gasteiger partial charge in [0, 0.05) is 11.0 Å². The zero-order valence-electron chi connectivity index (χ0n) is 16.0. The standard InChI is InChI=1S/C21H26N2O3S/c1-4-21(2,3)13-7-9-15-16(12-13)27-20(18(15)19(22)25)23-17(24)10-8-14-6-5-11-26-14/h5-6,8,10-11,13H,4,7,9,12H2,1-3H3,(H2,22,25)(H,23,24)/b10-8+/t13-/m0/s1. The Labute approximate surface area is 163 Å². The lowest BCUT2D eigenvalue weighted by atomic mass is 9.69. The van der Waals surface area contributed by atoms with E-state index in [2.05, 4.69) is 26.1 Å². The normalized spacial score (nSPS) is 17.1. The molecule has 2 amide bonds. The first-order valence-electron chi connectivity index (χ1n) is 9.28. The average Bonchev–Trinajstić information content (AvgIpc) is 3.26. The number of fused-ring (bicyclic) bond motifs is 1. The minimum atomic E-state index is -0.481. The van der Waals surface area contributed by atoms with Crippen LogP contribution in [0.3, 0.4) is 0 Å². The van der Waals surface area contributed by atoms with E-state index in [1.807, 2.05) is 0 Å². The largest absolute Gasteiger partial charge is 0.465 e. The SMILES string of the molecule is CCC(C)(C)[C@H]1CCc2c(sc(NC(=O)/C=C/c3ccco3)c2C(N)=O)C1. The maximum absolute atomic E-state index is 12.3. The number of rotatable bonds is 6. The third kappa shape index (κ3) is 4.16. The van der Waals surface area contributed by atoms with Gasteiger partial charge < -0.3 is 15.5 Å². The van der Waals surface area contributed by atoms with Crippen LogP contribution in [0.2, 0.25) is 0 Å². The van der Waals surface area contributed by atoms with Crippen LogP contribution in [-0.4, -0.2) is 11.8 Å². The van der Waals surface area contributed by atoms with Crippen molar-refractivity contribution in [1.82, 2.24) is 0 Å². The van der Waals surface area contributed by atoms with Gasteiger partial charge in [0.05, 0.1) is 11.8 Å². The summed E-state index contributed by atoms with van der Waals surface area (Å²) >= 11 is 1.48. The van der Waals surface area contributed by atoms with Crippen molar-refractivity contribution in [3.63, 3.8) is 0 Å². The number of hydrogen-bond donors (Lipinski definition) is 2. The lowest BCUT2D eigenvalue weighted by Gasteiger charge is -2.36. The van der Waals surface area contributed by atoms with Crippen molar-refractivity contribution >= 4 is 34.2 Å². The van der Waals surface area contributed by atoms with Crippen LogP contribution in [0, 0.1) is 11.3 Å². The number of thiophene rings is 1. The Balaban J connectivity index is 1.82. The minimum Gasteiger partial charge on any atom is -0.465 e. The molecule has 0 aliphatic heterocycles. The molecule has 0 radical (unpaired) electrons. The Bertz CT molecular complexity index is 862. The van der Waals surface area contributed by atoms with Crippen molar-refractivity contribution in [2.45, 2.75) is 46.5 Å². The maximum Gasteiger partial charge on any atom is 0.251 e. The number of furan rings is 1. The molecular weight excluding hydrogens is 360 g/mol. The Kier molecular flexibility index (Phi) is 5.56. The van der Waals surface area contributed by atoms with Gasteiger partial charge in [-0.3, -0.25) is 9.59 Å². The molecule has 5 nitrogen and oxygen atoms in total. The van der Waals surface area contributed by atoms with Crippen LogP contribution in [0.5, 0.6) is 0 Å². The molecule has 0 saturated heterocycles. The third-order valence-corrected chi connectivity index (χ3v) is 6.88. The molecular formula is C21H26N2O3S. The van der Waals surface area contributed by atoms with Crippen molar-refractivity contribution < 1.29 is 14.0 Å². The summed E-state index contributed by atoms with van der Waals surface area (Å²) in [6.07, 6.45) is 8.44. The second-order valence-electron chi connectivity index (χ2n) is 7.69. The van der Waals surface area contributed by atoms with Gasteiger partial charge in [0.15, 0.2) is 0 Å². The van der Waals surface area contributed by atoms with Gasteiger partial charge in [-0.1, -0.05) is 27.2 Å². The number of amides is 2. The molecule has 2 aromatic heterocycles. The third-order valence-electron chi connectivity index (χ3n) is 5.71. The zero-order valence-corrected chi connectivity index (χ0v) is 16.8. The first-order valence-corrected chi connectivity index (χ1v) is 10.1. The zero-order chi connectivity index (χ0) is 19.6. The Morgan fingerprint density at radius 3 is 2.85 bits per heavy atom. The predicted molar refractivity (Wildman–Crippen MR) is 109 cm³/mol. The summed E-state index contributed by atoms with van der Waals surface area (Å²) in [6, 6.07) is 3.52. The van der Waals surface area contributed by atoms with Gasteiger partial charge in [0.1, 0.15) is 10.8 Å². The molecule has 3 N–H and O–H groups in total. The topological polar surface area (TPSA) is 85.3 Å². The molecule has 1 atom stereocenters. The molecule has 0 saturated carbocycles. The van der Waals surface area contributed by atoms with Crippen LogP contribution in [0.15, 0.2) is 28.9 Å². The Hall–Kier alpha value is -2.34. The fraction of sp³-hybridized carbons (Fsp3) is 0.429. The van der Waals surface area contributed by atoms with Crippen LogP contribution < -0.4 is 11.1 Å². The maximum atomic E-state index is 12.3. The summed E-state index contributed by atoms with van der Waals surface area (Å²) < 4.78 is 5.18. The van der Waals surface area contributed by atoms with Crippen molar-refractivity contribution in [2.24, 2.45) is 17.1 Å². The molecule has 6 heteroatoms. The first kappa shape index (κ1) is 19.4. The van der Waals surface area contributed by atoms with E-state index in [0.717, 1.165) is 31.2 Å². The molecule has 0 aromatic carbocycles. The molecule has 2 heterocycles. The van der Waals surface area contributed by atoms with Crippen LogP contribution in [0.4, 0.5) is 5.00 Å². The fourth-order valence-electron chi connectivity index (χ4n) is 3.59. The molecule has 2 aromatic rings. The number of nitrogens with one attached hydrogen (secondary N) is 1. The summed E-state index contributed by atoms with van der Waals surface area (Å²) in [6.45, 7) is 6.82. The van der Waals surface area contributed by atoms with E-state index < -0.39 is 5.91 Å². The van der Waals surface area contributed by atoms with Crippen molar-refractivity contribution in [3.8, 4) is 0 Å². The molecule has 144 valence electrons. The average molecular weight is 387 g/mol. The molecule has 1 aliphatic rings. The monoisotopic (exact) mass is 386 g/mol. The van der Waals surface area contributed by atoms with E-state index in [1.54, 1.807) is 24.5 Å². The Morgan fingerprint density at radius 1 is 1.44 bits per heavy atom. The highest BCUT2D eigenvalue weighted by molar-refractivity contribution is 7.17. The summed E-state index contributed by atoms with van der Waals surface area (Å²) in [4.78, 5) is 25.5. The smallest absolute Gasteiger partial charge is 0.251 e. The van der Waals surface area contributed by atoms with Gasteiger partial charge in [-0.15, -0.1) is 11.3 Å². The second kappa shape index (κ2) is 7.72. The van der Waals surface area contributed by atoms with E-state index in [4.69, 9.17) is 10.2 Å². The highest BCUT2D eigenvalue weighted by atomic mass is 32.1. The summed E-state index contributed by atoms with van der Waals surface area (Å²) in [7, 11) is 0. The van der Waals surface area contributed by atoms with Crippen LogP contribution in [0.25, 0.3) is 6.08 Å². The highest BCUT2D eigenvalue weighted by Crippen LogP contribution is 2.45. The molecule has 0 unspecified atom stereocenters. The van der Waals surface area contributed by atoms with Crippen molar-refractivity contribution in [3.05, 3.63) is 46.2 Å². The van der Waals surface area contributed by atoms with Crippen molar-refractivity contribution in [1.29, 1.82) is 0 Å². The molecule has 27 heavy (non-hydrogen) atoms. The fourth-order valence-corrected chi connectivity index (χ4v) is 4.92. The van der Waals surface area contributed by atoms with E-state index in [9.17, 15) is 9.59 Å². The van der Waals surface area contributed by atoms with Gasteiger partial charge in [-0.25, -0.2) is 0 Å². The molecule has 0 fully saturated rings. The van der Waals surface area contributed by atoms with Crippen LogP contribution in [0.1, 0.15) is 60.2 Å². The molecule has 1 aliphatic carbocycles. The summed E-state index contributed by atoms with van der Waals surface area (Å²) in [5, 5.41) is 3.38. The molecule has 0 bridgehead atoms. The first-order chi connectivity index (χ1) is 12.8. The lowest BCUT2D eigenvalue weighted by Crippen LogP contribution is -2.29. The number of anilines is 1.